The standard InChI is InChI=1S/C20H20N4O2/c1-13(24-12-23-18-7-3-2-6-16(18)20(24)26)19(25)22-11-14-9-15-5-4-8-17(15)21-10-14/h2-3,6-7,9-10,12-13H,4-5,8,11H2,1H3,(H,22,25)/t13-/m1/s1. The van der Waals surface area contributed by atoms with Crippen LogP contribution in [-0.2, 0) is 24.2 Å². The first-order valence-electron chi connectivity index (χ1n) is 8.84. The molecule has 132 valence electrons. The maximum absolute atomic E-state index is 12.6. The third kappa shape index (κ3) is 2.98. The molecule has 1 N–H and O–H groups in total. The van der Waals surface area contributed by atoms with Gasteiger partial charge in [-0.05, 0) is 49.4 Å². The fraction of sp³-hybridized carbons (Fsp3) is 0.300. The van der Waals surface area contributed by atoms with Crippen LogP contribution in [0.3, 0.4) is 0 Å². The van der Waals surface area contributed by atoms with Gasteiger partial charge in [0, 0.05) is 18.4 Å². The minimum absolute atomic E-state index is 0.211. The van der Waals surface area contributed by atoms with E-state index >= 15 is 0 Å². The molecule has 2 aromatic heterocycles. The van der Waals surface area contributed by atoms with Crippen LogP contribution in [-0.4, -0.2) is 20.4 Å². The molecule has 2 heterocycles. The molecule has 1 atom stereocenters. The normalized spacial score (nSPS) is 14.2. The van der Waals surface area contributed by atoms with E-state index in [2.05, 4.69) is 21.4 Å². The summed E-state index contributed by atoms with van der Waals surface area (Å²) in [4.78, 5) is 33.9. The third-order valence-electron chi connectivity index (χ3n) is 4.93. The van der Waals surface area contributed by atoms with E-state index in [1.165, 1.54) is 22.2 Å². The lowest BCUT2D eigenvalue weighted by atomic mass is 10.1. The predicted molar refractivity (Wildman–Crippen MR) is 98.8 cm³/mol. The van der Waals surface area contributed by atoms with Crippen molar-refractivity contribution < 1.29 is 4.79 Å². The molecule has 0 bridgehead atoms. The molecule has 1 aliphatic rings. The van der Waals surface area contributed by atoms with Gasteiger partial charge in [0.1, 0.15) is 6.04 Å². The van der Waals surface area contributed by atoms with Crippen molar-refractivity contribution in [1.82, 2.24) is 19.9 Å². The van der Waals surface area contributed by atoms with Crippen molar-refractivity contribution in [2.45, 2.75) is 38.8 Å². The summed E-state index contributed by atoms with van der Waals surface area (Å²) in [6.07, 6.45) is 6.49. The highest BCUT2D eigenvalue weighted by molar-refractivity contribution is 5.81. The van der Waals surface area contributed by atoms with Crippen molar-refractivity contribution in [2.75, 3.05) is 0 Å². The van der Waals surface area contributed by atoms with Gasteiger partial charge in [0.05, 0.1) is 17.2 Å². The van der Waals surface area contributed by atoms with Gasteiger partial charge in [0.15, 0.2) is 0 Å². The van der Waals surface area contributed by atoms with Crippen LogP contribution in [0, 0.1) is 0 Å². The van der Waals surface area contributed by atoms with E-state index in [1.807, 2.05) is 12.3 Å². The van der Waals surface area contributed by atoms with Crippen molar-refractivity contribution in [1.29, 1.82) is 0 Å². The maximum atomic E-state index is 12.6. The number of carbonyl (C=O) groups excluding carboxylic acids is 1. The molecule has 6 nitrogen and oxygen atoms in total. The van der Waals surface area contributed by atoms with Crippen LogP contribution in [0.1, 0.15) is 36.2 Å². The number of nitrogens with zero attached hydrogens (tertiary/aromatic N) is 3. The molecule has 3 aromatic rings. The van der Waals surface area contributed by atoms with E-state index in [0.29, 0.717) is 17.4 Å². The van der Waals surface area contributed by atoms with Gasteiger partial charge in [0.25, 0.3) is 5.56 Å². The highest BCUT2D eigenvalue weighted by Crippen LogP contribution is 2.20. The minimum atomic E-state index is -0.637. The molecule has 0 saturated carbocycles. The zero-order valence-electron chi connectivity index (χ0n) is 14.6. The fourth-order valence-electron chi connectivity index (χ4n) is 3.39. The van der Waals surface area contributed by atoms with E-state index in [-0.39, 0.29) is 11.5 Å². The van der Waals surface area contributed by atoms with E-state index in [9.17, 15) is 9.59 Å². The summed E-state index contributed by atoms with van der Waals surface area (Å²) in [6.45, 7) is 2.10. The fourth-order valence-corrected chi connectivity index (χ4v) is 3.39. The van der Waals surface area contributed by atoms with Gasteiger partial charge >= 0.3 is 0 Å². The average molecular weight is 348 g/mol. The number of benzene rings is 1. The number of nitrogens with one attached hydrogen (secondary N) is 1. The Morgan fingerprint density at radius 3 is 3.00 bits per heavy atom. The zero-order chi connectivity index (χ0) is 18.1. The Hall–Kier alpha value is -3.02. The number of aryl methyl sites for hydroxylation is 2. The molecule has 0 unspecified atom stereocenters. The summed E-state index contributed by atoms with van der Waals surface area (Å²) in [5.41, 5.74) is 3.85. The minimum Gasteiger partial charge on any atom is -0.350 e. The van der Waals surface area contributed by atoms with E-state index in [1.54, 1.807) is 25.1 Å². The van der Waals surface area contributed by atoms with Crippen molar-refractivity contribution in [2.24, 2.45) is 0 Å². The molecule has 0 saturated heterocycles. The number of para-hydroxylation sites is 1. The van der Waals surface area contributed by atoms with E-state index < -0.39 is 6.04 Å². The zero-order valence-corrected chi connectivity index (χ0v) is 14.6. The molecule has 0 radical (unpaired) electrons. The third-order valence-corrected chi connectivity index (χ3v) is 4.93. The number of carbonyl (C=O) groups is 1. The van der Waals surface area contributed by atoms with Crippen molar-refractivity contribution >= 4 is 16.8 Å². The van der Waals surface area contributed by atoms with Gasteiger partial charge < -0.3 is 5.32 Å². The van der Waals surface area contributed by atoms with Crippen molar-refractivity contribution in [3.8, 4) is 0 Å². The lowest BCUT2D eigenvalue weighted by Crippen LogP contribution is -2.35. The summed E-state index contributed by atoms with van der Waals surface area (Å²) in [5.74, 6) is -0.218. The highest BCUT2D eigenvalue weighted by Gasteiger charge is 2.18. The highest BCUT2D eigenvalue weighted by atomic mass is 16.2. The van der Waals surface area contributed by atoms with Crippen LogP contribution in [0.25, 0.3) is 10.9 Å². The molecular formula is C20H20N4O2. The van der Waals surface area contributed by atoms with Crippen LogP contribution >= 0.6 is 0 Å². The molecule has 6 heteroatoms. The molecule has 1 aliphatic carbocycles. The summed E-state index contributed by atoms with van der Waals surface area (Å²) >= 11 is 0. The number of amides is 1. The smallest absolute Gasteiger partial charge is 0.261 e. The predicted octanol–water partition coefficient (Wildman–Crippen LogP) is 2.16. The van der Waals surface area contributed by atoms with Gasteiger partial charge in [-0.3, -0.25) is 19.1 Å². The second kappa shape index (κ2) is 6.71. The number of rotatable bonds is 4. The van der Waals surface area contributed by atoms with Gasteiger partial charge in [-0.1, -0.05) is 18.2 Å². The van der Waals surface area contributed by atoms with Gasteiger partial charge in [-0.25, -0.2) is 4.98 Å². The Balaban J connectivity index is 1.50. The van der Waals surface area contributed by atoms with Crippen molar-refractivity contribution in [3.05, 3.63) is 70.0 Å². The Labute approximate surface area is 150 Å². The van der Waals surface area contributed by atoms with E-state index in [0.717, 1.165) is 24.8 Å². The average Bonchev–Trinajstić information content (AvgIpc) is 3.14. The van der Waals surface area contributed by atoms with Gasteiger partial charge in [-0.2, -0.15) is 0 Å². The maximum Gasteiger partial charge on any atom is 0.261 e. The summed E-state index contributed by atoms with van der Waals surface area (Å²) in [5, 5.41) is 3.41. The number of hydrogen-bond acceptors (Lipinski definition) is 4. The quantitative estimate of drug-likeness (QED) is 0.784. The topological polar surface area (TPSA) is 76.9 Å². The first-order chi connectivity index (χ1) is 12.6. The second-order valence-electron chi connectivity index (χ2n) is 6.67. The monoisotopic (exact) mass is 348 g/mol. The number of aromatic nitrogens is 3. The van der Waals surface area contributed by atoms with Crippen LogP contribution in [0.4, 0.5) is 0 Å². The molecule has 26 heavy (non-hydrogen) atoms. The Kier molecular flexibility index (Phi) is 4.24. The lowest BCUT2D eigenvalue weighted by Gasteiger charge is -2.15. The molecule has 1 amide bonds. The molecular weight excluding hydrogens is 328 g/mol. The summed E-state index contributed by atoms with van der Waals surface area (Å²) in [6, 6.07) is 8.61. The summed E-state index contributed by atoms with van der Waals surface area (Å²) < 4.78 is 1.37. The molecule has 4 rings (SSSR count). The molecule has 1 aromatic carbocycles. The van der Waals surface area contributed by atoms with E-state index in [4.69, 9.17) is 0 Å². The molecule has 0 spiro atoms. The number of pyridine rings is 1. The van der Waals surface area contributed by atoms with Gasteiger partial charge in [0.2, 0.25) is 5.91 Å². The first kappa shape index (κ1) is 16.4. The van der Waals surface area contributed by atoms with Crippen LogP contribution in [0.15, 0.2) is 47.7 Å². The SMILES string of the molecule is C[C@H](C(=O)NCc1cnc2c(c1)CCC2)n1cnc2ccccc2c1=O. The Morgan fingerprint density at radius 1 is 1.27 bits per heavy atom. The molecule has 0 aliphatic heterocycles. The van der Waals surface area contributed by atoms with Crippen LogP contribution in [0.2, 0.25) is 0 Å². The summed E-state index contributed by atoms with van der Waals surface area (Å²) in [7, 11) is 0. The Bertz CT molecular complexity index is 1040. The van der Waals surface area contributed by atoms with Crippen molar-refractivity contribution in [3.63, 3.8) is 0 Å². The number of fused-ring (bicyclic) bond motifs is 2. The lowest BCUT2D eigenvalue weighted by molar-refractivity contribution is -0.124. The second-order valence-corrected chi connectivity index (χ2v) is 6.67. The van der Waals surface area contributed by atoms with Gasteiger partial charge in [-0.15, -0.1) is 0 Å². The number of hydrogen-bond donors (Lipinski definition) is 1. The van der Waals surface area contributed by atoms with Crippen LogP contribution < -0.4 is 10.9 Å². The Morgan fingerprint density at radius 2 is 2.12 bits per heavy atom. The first-order valence-corrected chi connectivity index (χ1v) is 8.84. The molecule has 0 fully saturated rings. The van der Waals surface area contributed by atoms with Crippen LogP contribution in [0.5, 0.6) is 0 Å². The largest absolute Gasteiger partial charge is 0.350 e.